The number of nitrogens with zero attached hydrogens (tertiary/aromatic N) is 3. The van der Waals surface area contributed by atoms with Crippen molar-refractivity contribution < 1.29 is 14.3 Å². The number of esters is 1. The van der Waals surface area contributed by atoms with Gasteiger partial charge in [0.2, 0.25) is 10.9 Å². The van der Waals surface area contributed by atoms with Gasteiger partial charge in [0.05, 0.1) is 18.3 Å². The van der Waals surface area contributed by atoms with Gasteiger partial charge in [0.15, 0.2) is 0 Å². The fourth-order valence-electron chi connectivity index (χ4n) is 2.92. The molecule has 1 N–H and O–H groups in total. The summed E-state index contributed by atoms with van der Waals surface area (Å²) in [5.74, 6) is -0.200. The average Bonchev–Trinajstić information content (AvgIpc) is 3.30. The molecule has 1 atom stereocenters. The summed E-state index contributed by atoms with van der Waals surface area (Å²) in [5.41, 5.74) is 0.904. The molecule has 8 heteroatoms. The van der Waals surface area contributed by atoms with Gasteiger partial charge in [-0.2, -0.15) is 0 Å². The Morgan fingerprint density at radius 3 is 2.72 bits per heavy atom. The van der Waals surface area contributed by atoms with Crippen LogP contribution in [0.25, 0.3) is 0 Å². The normalized spacial score (nSPS) is 20.2. The van der Waals surface area contributed by atoms with Crippen LogP contribution in [0.5, 0.6) is 0 Å². The van der Waals surface area contributed by atoms with Crippen LogP contribution in [0.1, 0.15) is 42.2 Å². The molecule has 0 spiro atoms. The van der Waals surface area contributed by atoms with Crippen LogP contribution >= 0.6 is 11.3 Å². The molecule has 1 amide bonds. The zero-order valence-corrected chi connectivity index (χ0v) is 15.7. The largest absolute Gasteiger partial charge is 0.461 e. The maximum Gasteiger partial charge on any atom is 0.367 e. The molecule has 1 unspecified atom stereocenters. The van der Waals surface area contributed by atoms with Crippen LogP contribution in [0.4, 0.5) is 0 Å². The molecule has 1 saturated heterocycles. The second kappa shape index (κ2) is 8.25. The number of carbonyl (C=O) groups excluding carboxylic acids is 2. The fraction of sp³-hybridized carbons (Fsp3) is 0.706. The third kappa shape index (κ3) is 4.99. The van der Waals surface area contributed by atoms with Crippen LogP contribution in [-0.4, -0.2) is 71.5 Å². The Morgan fingerprint density at radius 2 is 2.08 bits per heavy atom. The Balaban J connectivity index is 1.44. The number of aromatic nitrogens is 1. The highest BCUT2D eigenvalue weighted by Gasteiger charge is 2.30. The molecular formula is C17H26N4O3S. The number of carbonyl (C=O) groups is 2. The van der Waals surface area contributed by atoms with Gasteiger partial charge in [-0.05, 0) is 26.7 Å². The third-order valence-corrected chi connectivity index (χ3v) is 5.52. The van der Waals surface area contributed by atoms with Crippen molar-refractivity contribution in [1.29, 1.82) is 0 Å². The zero-order valence-electron chi connectivity index (χ0n) is 14.9. The van der Waals surface area contributed by atoms with Crippen molar-refractivity contribution in [1.82, 2.24) is 20.1 Å². The van der Waals surface area contributed by atoms with Crippen molar-refractivity contribution in [3.63, 3.8) is 0 Å². The number of hydrogen-bond acceptors (Lipinski definition) is 7. The first-order valence-corrected chi connectivity index (χ1v) is 9.83. The Labute approximate surface area is 152 Å². The van der Waals surface area contributed by atoms with Gasteiger partial charge >= 0.3 is 5.97 Å². The van der Waals surface area contributed by atoms with Crippen molar-refractivity contribution in [3.8, 4) is 0 Å². The van der Waals surface area contributed by atoms with E-state index < -0.39 is 0 Å². The van der Waals surface area contributed by atoms with Gasteiger partial charge in [-0.25, -0.2) is 9.78 Å². The Bertz CT molecular complexity index is 609. The van der Waals surface area contributed by atoms with Crippen LogP contribution in [0.3, 0.4) is 0 Å². The highest BCUT2D eigenvalue weighted by Crippen LogP contribution is 2.19. The first-order valence-electron chi connectivity index (χ1n) is 8.95. The van der Waals surface area contributed by atoms with Gasteiger partial charge in [0.1, 0.15) is 0 Å². The number of hydrogen-bond donors (Lipinski definition) is 1. The van der Waals surface area contributed by atoms with Gasteiger partial charge < -0.3 is 10.1 Å². The van der Waals surface area contributed by atoms with E-state index >= 15 is 0 Å². The van der Waals surface area contributed by atoms with E-state index in [0.717, 1.165) is 51.3 Å². The summed E-state index contributed by atoms with van der Waals surface area (Å²) in [6.07, 6.45) is 2.24. The van der Waals surface area contributed by atoms with Gasteiger partial charge in [0.25, 0.3) is 0 Å². The maximum atomic E-state index is 12.2. The van der Waals surface area contributed by atoms with Gasteiger partial charge in [-0.1, -0.05) is 0 Å². The minimum absolute atomic E-state index is 0.0718. The molecule has 0 radical (unpaired) electrons. The summed E-state index contributed by atoms with van der Waals surface area (Å²) in [5, 5.41) is 5.42. The van der Waals surface area contributed by atoms with E-state index in [1.807, 2.05) is 12.3 Å². The first kappa shape index (κ1) is 18.3. The summed E-state index contributed by atoms with van der Waals surface area (Å²) >= 11 is 1.33. The van der Waals surface area contributed by atoms with Crippen molar-refractivity contribution in [3.05, 3.63) is 16.1 Å². The van der Waals surface area contributed by atoms with Crippen molar-refractivity contribution >= 4 is 23.2 Å². The lowest BCUT2D eigenvalue weighted by Gasteiger charge is -2.37. The lowest BCUT2D eigenvalue weighted by atomic mass is 10.2. The second-order valence-corrected chi connectivity index (χ2v) is 7.49. The fourth-order valence-corrected chi connectivity index (χ4v) is 3.62. The second-order valence-electron chi connectivity index (χ2n) is 6.64. The maximum absolute atomic E-state index is 12.2. The van der Waals surface area contributed by atoms with Crippen LogP contribution in [-0.2, 0) is 16.1 Å². The Kier molecular flexibility index (Phi) is 6.03. The molecule has 0 aromatic carbocycles. The minimum atomic E-state index is -0.348. The molecule has 1 saturated carbocycles. The van der Waals surface area contributed by atoms with Crippen LogP contribution in [0, 0.1) is 0 Å². The molecule has 1 aliphatic carbocycles. The molecule has 2 heterocycles. The van der Waals surface area contributed by atoms with E-state index in [2.05, 4.69) is 20.1 Å². The van der Waals surface area contributed by atoms with Gasteiger partial charge in [-0.15, -0.1) is 11.3 Å². The topological polar surface area (TPSA) is 74.8 Å². The van der Waals surface area contributed by atoms with Crippen LogP contribution in [0.15, 0.2) is 5.38 Å². The molecule has 1 aromatic heterocycles. The van der Waals surface area contributed by atoms with Crippen LogP contribution < -0.4 is 5.32 Å². The molecule has 1 aromatic rings. The third-order valence-electron chi connectivity index (χ3n) is 4.65. The molecule has 1 aliphatic heterocycles. The first-order chi connectivity index (χ1) is 12.1. The smallest absolute Gasteiger partial charge is 0.367 e. The van der Waals surface area contributed by atoms with Crippen molar-refractivity contribution in [2.45, 2.75) is 45.3 Å². The number of amides is 1. The number of rotatable bonds is 7. The molecule has 3 rings (SSSR count). The number of piperazine rings is 1. The summed E-state index contributed by atoms with van der Waals surface area (Å²) in [4.78, 5) is 32.8. The van der Waals surface area contributed by atoms with E-state index in [0.29, 0.717) is 17.7 Å². The molecule has 138 valence electrons. The lowest BCUT2D eigenvalue weighted by molar-refractivity contribution is -0.126. The molecule has 7 nitrogen and oxygen atoms in total. The predicted octanol–water partition coefficient (Wildman–Crippen LogP) is 1.10. The van der Waals surface area contributed by atoms with Crippen LogP contribution in [0.2, 0.25) is 0 Å². The van der Waals surface area contributed by atoms with Crippen molar-refractivity contribution in [2.75, 3.05) is 32.8 Å². The predicted molar refractivity (Wildman–Crippen MR) is 95.5 cm³/mol. The highest BCUT2D eigenvalue weighted by molar-refractivity contribution is 7.11. The number of nitrogens with one attached hydrogen (secondary N) is 1. The van der Waals surface area contributed by atoms with Crippen molar-refractivity contribution in [2.24, 2.45) is 0 Å². The van der Waals surface area contributed by atoms with E-state index in [1.165, 1.54) is 11.3 Å². The summed E-state index contributed by atoms with van der Waals surface area (Å²) in [7, 11) is 0. The molecule has 0 bridgehead atoms. The number of thiazole rings is 1. The quantitative estimate of drug-likeness (QED) is 0.729. The Morgan fingerprint density at radius 1 is 1.36 bits per heavy atom. The monoisotopic (exact) mass is 366 g/mol. The summed E-state index contributed by atoms with van der Waals surface area (Å²) in [6.45, 7) is 8.40. The summed E-state index contributed by atoms with van der Waals surface area (Å²) < 4.78 is 4.98. The SMILES string of the molecule is CCOC(=O)c1nc(CN2CCN(C(C)C(=O)NC3CC3)CC2)cs1. The highest BCUT2D eigenvalue weighted by atomic mass is 32.1. The average molecular weight is 366 g/mol. The van der Waals surface area contributed by atoms with E-state index in [4.69, 9.17) is 4.74 Å². The molecule has 2 fully saturated rings. The Hall–Kier alpha value is -1.51. The molecule has 2 aliphatic rings. The standard InChI is InChI=1S/C17H26N4O3S/c1-3-24-17(23)16-19-14(11-25-16)10-20-6-8-21(9-7-20)12(2)15(22)18-13-4-5-13/h11-13H,3-10H2,1-2H3,(H,18,22). The van der Waals surface area contributed by atoms with E-state index in [1.54, 1.807) is 6.92 Å². The van der Waals surface area contributed by atoms with Gasteiger partial charge in [-0.3, -0.25) is 14.6 Å². The molecule has 25 heavy (non-hydrogen) atoms. The summed E-state index contributed by atoms with van der Waals surface area (Å²) in [6, 6.07) is 0.340. The zero-order chi connectivity index (χ0) is 17.8. The minimum Gasteiger partial charge on any atom is -0.461 e. The lowest BCUT2D eigenvalue weighted by Crippen LogP contribution is -2.53. The van der Waals surface area contributed by atoms with E-state index in [-0.39, 0.29) is 17.9 Å². The number of ether oxygens (including phenoxy) is 1. The van der Waals surface area contributed by atoms with E-state index in [9.17, 15) is 9.59 Å². The van der Waals surface area contributed by atoms with Gasteiger partial charge in [0, 0.05) is 44.1 Å². The molecular weight excluding hydrogens is 340 g/mol.